The van der Waals surface area contributed by atoms with E-state index in [0.29, 0.717) is 18.3 Å². The third-order valence-electron chi connectivity index (χ3n) is 4.40. The van der Waals surface area contributed by atoms with Crippen LogP contribution in [0.2, 0.25) is 0 Å². The van der Waals surface area contributed by atoms with Gasteiger partial charge in [-0.2, -0.15) is 0 Å². The van der Waals surface area contributed by atoms with Crippen LogP contribution >= 0.6 is 0 Å². The van der Waals surface area contributed by atoms with E-state index in [-0.39, 0.29) is 11.9 Å². The molecule has 1 heterocycles. The second-order valence-electron chi connectivity index (χ2n) is 5.90. The van der Waals surface area contributed by atoms with Gasteiger partial charge in [0.2, 0.25) is 0 Å². The predicted octanol–water partition coefficient (Wildman–Crippen LogP) is 3.07. The van der Waals surface area contributed by atoms with Crippen molar-refractivity contribution in [1.82, 2.24) is 5.32 Å². The van der Waals surface area contributed by atoms with E-state index >= 15 is 0 Å². The van der Waals surface area contributed by atoms with E-state index in [2.05, 4.69) is 19.2 Å². The number of rotatable bonds is 6. The summed E-state index contributed by atoms with van der Waals surface area (Å²) < 4.78 is 14.3. The fourth-order valence-corrected chi connectivity index (χ4v) is 2.86. The van der Waals surface area contributed by atoms with Gasteiger partial charge < -0.3 is 15.3 Å². The van der Waals surface area contributed by atoms with Crippen molar-refractivity contribution in [2.45, 2.75) is 58.2 Å². The largest absolute Gasteiger partial charge is 0.393 e. The highest BCUT2D eigenvalue weighted by Crippen LogP contribution is 2.24. The normalized spacial score (nSPS) is 16.7. The van der Waals surface area contributed by atoms with Gasteiger partial charge in [-0.25, -0.2) is 4.39 Å². The SMILES string of the molecule is CCC(CC)NCc1ccc(N2CCC(O)CC2)c(F)c1. The Morgan fingerprint density at radius 1 is 1.29 bits per heavy atom. The van der Waals surface area contributed by atoms with Crippen LogP contribution in [0.15, 0.2) is 18.2 Å². The van der Waals surface area contributed by atoms with E-state index in [0.717, 1.165) is 44.3 Å². The minimum atomic E-state index is -0.229. The molecule has 118 valence electrons. The highest BCUT2D eigenvalue weighted by atomic mass is 19.1. The lowest BCUT2D eigenvalue weighted by Gasteiger charge is -2.31. The van der Waals surface area contributed by atoms with Crippen molar-refractivity contribution in [2.24, 2.45) is 0 Å². The Balaban J connectivity index is 1.97. The van der Waals surface area contributed by atoms with Crippen LogP contribution in [0, 0.1) is 5.82 Å². The highest BCUT2D eigenvalue weighted by molar-refractivity contribution is 5.49. The lowest BCUT2D eigenvalue weighted by atomic mass is 10.1. The third-order valence-corrected chi connectivity index (χ3v) is 4.40. The Hall–Kier alpha value is -1.13. The van der Waals surface area contributed by atoms with Gasteiger partial charge in [0.1, 0.15) is 5.82 Å². The number of hydrogen-bond donors (Lipinski definition) is 2. The first kappa shape index (κ1) is 16.2. The van der Waals surface area contributed by atoms with Crippen LogP contribution in [0.3, 0.4) is 0 Å². The first-order chi connectivity index (χ1) is 10.1. The second kappa shape index (κ2) is 7.76. The monoisotopic (exact) mass is 294 g/mol. The summed E-state index contributed by atoms with van der Waals surface area (Å²) in [5, 5.41) is 13.0. The number of piperidine rings is 1. The van der Waals surface area contributed by atoms with Gasteiger partial charge in [-0.15, -0.1) is 0 Å². The van der Waals surface area contributed by atoms with E-state index in [1.54, 1.807) is 6.07 Å². The maximum absolute atomic E-state index is 14.3. The molecule has 0 aromatic heterocycles. The van der Waals surface area contributed by atoms with Crippen LogP contribution < -0.4 is 10.2 Å². The Morgan fingerprint density at radius 2 is 1.95 bits per heavy atom. The third kappa shape index (κ3) is 4.42. The van der Waals surface area contributed by atoms with Crippen LogP contribution in [-0.2, 0) is 6.54 Å². The molecule has 2 N–H and O–H groups in total. The first-order valence-corrected chi connectivity index (χ1v) is 8.08. The molecule has 1 aromatic carbocycles. The van der Waals surface area contributed by atoms with Crippen molar-refractivity contribution >= 4 is 5.69 Å². The fraction of sp³-hybridized carbons (Fsp3) is 0.647. The molecule has 21 heavy (non-hydrogen) atoms. The first-order valence-electron chi connectivity index (χ1n) is 8.08. The Labute approximate surface area is 127 Å². The quantitative estimate of drug-likeness (QED) is 0.846. The summed E-state index contributed by atoms with van der Waals surface area (Å²) in [4.78, 5) is 2.03. The molecule has 1 aliphatic heterocycles. The topological polar surface area (TPSA) is 35.5 Å². The lowest BCUT2D eigenvalue weighted by molar-refractivity contribution is 0.145. The summed E-state index contributed by atoms with van der Waals surface area (Å²) in [6, 6.07) is 6.00. The van der Waals surface area contributed by atoms with Crippen LogP contribution in [0.25, 0.3) is 0 Å². The Morgan fingerprint density at radius 3 is 2.52 bits per heavy atom. The molecule has 0 bridgehead atoms. The van der Waals surface area contributed by atoms with Gasteiger partial charge >= 0.3 is 0 Å². The number of nitrogens with zero attached hydrogens (tertiary/aromatic N) is 1. The molecule has 1 aliphatic rings. The molecule has 0 amide bonds. The van der Waals surface area contributed by atoms with Gasteiger partial charge in [0.05, 0.1) is 11.8 Å². The summed E-state index contributed by atoms with van der Waals surface area (Å²) in [6.07, 6.45) is 3.39. The molecule has 0 unspecified atom stereocenters. The molecular weight excluding hydrogens is 267 g/mol. The molecule has 1 aromatic rings. The van der Waals surface area contributed by atoms with Gasteiger partial charge in [-0.1, -0.05) is 19.9 Å². The van der Waals surface area contributed by atoms with Gasteiger partial charge in [0.15, 0.2) is 0 Å². The number of halogens is 1. The van der Waals surface area contributed by atoms with Crippen LogP contribution in [0.5, 0.6) is 0 Å². The molecular formula is C17H27FN2O. The van der Waals surface area contributed by atoms with Crippen molar-refractivity contribution in [3.63, 3.8) is 0 Å². The predicted molar refractivity (Wildman–Crippen MR) is 85.1 cm³/mol. The summed E-state index contributed by atoms with van der Waals surface area (Å²) >= 11 is 0. The molecule has 0 atom stereocenters. The van der Waals surface area contributed by atoms with Crippen LogP contribution in [-0.4, -0.2) is 30.3 Å². The van der Waals surface area contributed by atoms with Crippen molar-refractivity contribution in [3.05, 3.63) is 29.6 Å². The summed E-state index contributed by atoms with van der Waals surface area (Å²) in [7, 11) is 0. The average Bonchev–Trinajstić information content (AvgIpc) is 2.49. The fourth-order valence-electron chi connectivity index (χ4n) is 2.86. The number of aliphatic hydroxyl groups excluding tert-OH is 1. The van der Waals surface area contributed by atoms with Gasteiger partial charge in [-0.05, 0) is 43.4 Å². The maximum atomic E-state index is 14.3. The molecule has 0 saturated carbocycles. The van der Waals surface area contributed by atoms with Crippen molar-refractivity contribution in [2.75, 3.05) is 18.0 Å². The van der Waals surface area contributed by atoms with Crippen molar-refractivity contribution in [1.29, 1.82) is 0 Å². The zero-order valence-electron chi connectivity index (χ0n) is 13.1. The minimum absolute atomic E-state index is 0.157. The van der Waals surface area contributed by atoms with E-state index in [9.17, 15) is 9.50 Å². The lowest BCUT2D eigenvalue weighted by Crippen LogP contribution is -2.36. The molecule has 3 nitrogen and oxygen atoms in total. The molecule has 0 spiro atoms. The number of benzene rings is 1. The smallest absolute Gasteiger partial charge is 0.146 e. The molecule has 1 fully saturated rings. The molecule has 4 heteroatoms. The standard InChI is InChI=1S/C17H27FN2O/c1-3-14(4-2)19-12-13-5-6-17(16(18)11-13)20-9-7-15(21)8-10-20/h5-6,11,14-15,19,21H,3-4,7-10,12H2,1-2H3. The maximum Gasteiger partial charge on any atom is 0.146 e. The van der Waals surface area contributed by atoms with E-state index in [4.69, 9.17) is 0 Å². The average molecular weight is 294 g/mol. The summed E-state index contributed by atoms with van der Waals surface area (Å²) in [6.45, 7) is 6.49. The van der Waals surface area contributed by atoms with Crippen molar-refractivity contribution < 1.29 is 9.50 Å². The molecule has 2 rings (SSSR count). The summed E-state index contributed by atoms with van der Waals surface area (Å²) in [5.41, 5.74) is 1.65. The zero-order chi connectivity index (χ0) is 15.2. The van der Waals surface area contributed by atoms with Gasteiger partial charge in [0, 0.05) is 25.7 Å². The number of hydrogen-bond acceptors (Lipinski definition) is 3. The van der Waals surface area contributed by atoms with Crippen LogP contribution in [0.4, 0.5) is 10.1 Å². The van der Waals surface area contributed by atoms with E-state index in [1.807, 2.05) is 17.0 Å². The van der Waals surface area contributed by atoms with Crippen molar-refractivity contribution in [3.8, 4) is 0 Å². The zero-order valence-corrected chi connectivity index (χ0v) is 13.1. The van der Waals surface area contributed by atoms with Crippen LogP contribution in [0.1, 0.15) is 45.1 Å². The highest BCUT2D eigenvalue weighted by Gasteiger charge is 2.19. The Kier molecular flexibility index (Phi) is 6.00. The second-order valence-corrected chi connectivity index (χ2v) is 5.90. The number of nitrogens with one attached hydrogen (secondary N) is 1. The molecule has 0 radical (unpaired) electrons. The van der Waals surface area contributed by atoms with E-state index < -0.39 is 0 Å². The minimum Gasteiger partial charge on any atom is -0.393 e. The molecule has 0 aliphatic carbocycles. The number of aliphatic hydroxyl groups is 1. The van der Waals surface area contributed by atoms with Gasteiger partial charge in [-0.3, -0.25) is 0 Å². The number of anilines is 1. The Bertz CT molecular complexity index is 440. The van der Waals surface area contributed by atoms with E-state index in [1.165, 1.54) is 0 Å². The van der Waals surface area contributed by atoms with Gasteiger partial charge in [0.25, 0.3) is 0 Å². The summed E-state index contributed by atoms with van der Waals surface area (Å²) in [5.74, 6) is -0.157. The molecule has 1 saturated heterocycles.